The van der Waals surface area contributed by atoms with Gasteiger partial charge in [-0.25, -0.2) is 4.98 Å². The number of anilines is 1. The third-order valence-corrected chi connectivity index (χ3v) is 3.08. The van der Waals surface area contributed by atoms with Crippen LogP contribution in [0.3, 0.4) is 0 Å². The maximum absolute atomic E-state index is 11.7. The molecule has 0 saturated carbocycles. The second-order valence-electron chi connectivity index (χ2n) is 4.01. The Bertz CT molecular complexity index is 420. The minimum absolute atomic E-state index is 0.0781. The first-order valence-corrected chi connectivity index (χ1v) is 5.21. The summed E-state index contributed by atoms with van der Waals surface area (Å²) in [7, 11) is 0. The van der Waals surface area contributed by atoms with Crippen molar-refractivity contribution in [1.82, 2.24) is 9.97 Å². The van der Waals surface area contributed by atoms with Crippen LogP contribution in [0.5, 0.6) is 0 Å². The van der Waals surface area contributed by atoms with E-state index in [1.54, 1.807) is 0 Å². The lowest BCUT2D eigenvalue weighted by atomic mass is 10.2. The van der Waals surface area contributed by atoms with Crippen LogP contribution in [0.4, 0.5) is 5.95 Å². The Labute approximate surface area is 82.0 Å². The van der Waals surface area contributed by atoms with Gasteiger partial charge in [0.1, 0.15) is 0 Å². The topological polar surface area (TPSA) is 49.0 Å². The van der Waals surface area contributed by atoms with Gasteiger partial charge in [-0.1, -0.05) is 0 Å². The van der Waals surface area contributed by atoms with E-state index in [0.717, 1.165) is 49.6 Å². The molecule has 1 aliphatic carbocycles. The van der Waals surface area contributed by atoms with Gasteiger partial charge in [-0.3, -0.25) is 9.78 Å². The highest BCUT2D eigenvalue weighted by molar-refractivity contribution is 5.36. The first kappa shape index (κ1) is 8.03. The van der Waals surface area contributed by atoms with E-state index in [1.165, 1.54) is 6.42 Å². The van der Waals surface area contributed by atoms with Gasteiger partial charge in [0.15, 0.2) is 0 Å². The van der Waals surface area contributed by atoms with Crippen molar-refractivity contribution in [2.75, 3.05) is 18.0 Å². The minimum Gasteiger partial charge on any atom is -0.342 e. The predicted octanol–water partition coefficient (Wildman–Crippen LogP) is 0.469. The highest BCUT2D eigenvalue weighted by Gasteiger charge is 2.21. The Kier molecular flexibility index (Phi) is 1.63. The quantitative estimate of drug-likeness (QED) is 0.702. The van der Waals surface area contributed by atoms with E-state index < -0.39 is 0 Å². The number of nitrogens with zero attached hydrogens (tertiary/aromatic N) is 2. The number of H-pyrrole nitrogens is 1. The van der Waals surface area contributed by atoms with Crippen molar-refractivity contribution in [3.63, 3.8) is 0 Å². The molecule has 2 heterocycles. The molecular weight excluding hydrogens is 178 g/mol. The van der Waals surface area contributed by atoms with E-state index in [4.69, 9.17) is 0 Å². The molecule has 1 aromatic heterocycles. The summed E-state index contributed by atoms with van der Waals surface area (Å²) in [5.41, 5.74) is 2.01. The van der Waals surface area contributed by atoms with Crippen molar-refractivity contribution in [2.45, 2.75) is 25.7 Å². The number of nitrogens with one attached hydrogen (secondary N) is 1. The van der Waals surface area contributed by atoms with Gasteiger partial charge in [-0.2, -0.15) is 0 Å². The molecule has 1 aromatic rings. The third-order valence-electron chi connectivity index (χ3n) is 3.08. The fraction of sp³-hybridized carbons (Fsp3) is 0.600. The minimum atomic E-state index is 0.0781. The Morgan fingerprint density at radius 1 is 1.21 bits per heavy atom. The number of aromatic amines is 1. The molecule has 74 valence electrons. The molecule has 0 atom stereocenters. The Balaban J connectivity index is 2.07. The summed E-state index contributed by atoms with van der Waals surface area (Å²) in [6, 6.07) is 0. The fourth-order valence-electron chi connectivity index (χ4n) is 2.11. The van der Waals surface area contributed by atoms with Gasteiger partial charge in [0.25, 0.3) is 5.56 Å². The maximum Gasteiger partial charge on any atom is 0.255 e. The zero-order valence-corrected chi connectivity index (χ0v) is 8.05. The molecule has 0 aromatic carbocycles. The lowest BCUT2D eigenvalue weighted by Gasteiger charge is -2.31. The van der Waals surface area contributed by atoms with Gasteiger partial charge in [-0.05, 0) is 25.7 Å². The van der Waals surface area contributed by atoms with Gasteiger partial charge >= 0.3 is 0 Å². The second-order valence-corrected chi connectivity index (χ2v) is 4.01. The summed E-state index contributed by atoms with van der Waals surface area (Å²) in [6.07, 6.45) is 4.16. The van der Waals surface area contributed by atoms with Crippen LogP contribution in [0, 0.1) is 0 Å². The van der Waals surface area contributed by atoms with E-state index in [1.807, 2.05) is 0 Å². The van der Waals surface area contributed by atoms with E-state index in [0.29, 0.717) is 0 Å². The summed E-state index contributed by atoms with van der Waals surface area (Å²) in [4.78, 5) is 21.2. The summed E-state index contributed by atoms with van der Waals surface area (Å²) in [6.45, 7) is 2.06. The van der Waals surface area contributed by atoms with Crippen molar-refractivity contribution < 1.29 is 0 Å². The number of hydrogen-bond donors (Lipinski definition) is 1. The molecule has 2 aliphatic rings. The van der Waals surface area contributed by atoms with Gasteiger partial charge in [0.05, 0.1) is 5.69 Å². The molecule has 3 rings (SSSR count). The number of aromatic nitrogens is 2. The van der Waals surface area contributed by atoms with Crippen LogP contribution in [0.2, 0.25) is 0 Å². The molecule has 14 heavy (non-hydrogen) atoms. The normalized spacial score (nSPS) is 19.3. The van der Waals surface area contributed by atoms with E-state index in [2.05, 4.69) is 14.9 Å². The highest BCUT2D eigenvalue weighted by Crippen LogP contribution is 2.20. The Morgan fingerprint density at radius 3 is 2.79 bits per heavy atom. The first-order chi connectivity index (χ1) is 6.84. The number of fused-ring (bicyclic) bond motifs is 1. The summed E-state index contributed by atoms with van der Waals surface area (Å²) >= 11 is 0. The SMILES string of the molecule is O=c1[nH]c(N2CCC2)nc2c1CCC2. The smallest absolute Gasteiger partial charge is 0.255 e. The molecule has 0 radical (unpaired) electrons. The fourth-order valence-corrected chi connectivity index (χ4v) is 2.11. The van der Waals surface area contributed by atoms with Crippen LogP contribution in [0.1, 0.15) is 24.1 Å². The predicted molar refractivity (Wildman–Crippen MR) is 53.7 cm³/mol. The Hall–Kier alpha value is -1.32. The first-order valence-electron chi connectivity index (χ1n) is 5.21. The number of rotatable bonds is 1. The molecule has 1 fully saturated rings. The van der Waals surface area contributed by atoms with Crippen LogP contribution in [0.15, 0.2) is 4.79 Å². The summed E-state index contributed by atoms with van der Waals surface area (Å²) in [5.74, 6) is 0.780. The molecule has 1 N–H and O–H groups in total. The zero-order chi connectivity index (χ0) is 9.54. The monoisotopic (exact) mass is 191 g/mol. The van der Waals surface area contributed by atoms with Crippen LogP contribution in [-0.4, -0.2) is 23.1 Å². The Morgan fingerprint density at radius 2 is 2.07 bits per heavy atom. The molecule has 1 aliphatic heterocycles. The maximum atomic E-state index is 11.7. The molecule has 0 unspecified atom stereocenters. The van der Waals surface area contributed by atoms with E-state index in [-0.39, 0.29) is 5.56 Å². The average molecular weight is 191 g/mol. The lowest BCUT2D eigenvalue weighted by Crippen LogP contribution is -2.39. The molecule has 0 bridgehead atoms. The van der Waals surface area contributed by atoms with Gasteiger partial charge in [-0.15, -0.1) is 0 Å². The van der Waals surface area contributed by atoms with Crippen molar-refractivity contribution >= 4 is 5.95 Å². The van der Waals surface area contributed by atoms with Crippen LogP contribution < -0.4 is 10.5 Å². The molecule has 0 amide bonds. The van der Waals surface area contributed by atoms with Gasteiger partial charge in [0, 0.05) is 18.7 Å². The van der Waals surface area contributed by atoms with Gasteiger partial charge in [0.2, 0.25) is 5.95 Å². The number of aryl methyl sites for hydroxylation is 1. The lowest BCUT2D eigenvalue weighted by molar-refractivity contribution is 0.597. The molecule has 0 spiro atoms. The van der Waals surface area contributed by atoms with Crippen molar-refractivity contribution in [2.24, 2.45) is 0 Å². The van der Waals surface area contributed by atoms with Gasteiger partial charge < -0.3 is 4.90 Å². The second kappa shape index (κ2) is 2.83. The third kappa shape index (κ3) is 1.06. The zero-order valence-electron chi connectivity index (χ0n) is 8.05. The molecule has 1 saturated heterocycles. The van der Waals surface area contributed by atoms with Crippen LogP contribution in [-0.2, 0) is 12.8 Å². The van der Waals surface area contributed by atoms with Crippen LogP contribution >= 0.6 is 0 Å². The standard InChI is InChI=1S/C10H13N3O/c14-9-7-3-1-4-8(7)11-10(12-9)13-5-2-6-13/h1-6H2,(H,11,12,14). The van der Waals surface area contributed by atoms with Crippen molar-refractivity contribution in [3.8, 4) is 0 Å². The average Bonchev–Trinajstić information content (AvgIpc) is 2.48. The van der Waals surface area contributed by atoms with Crippen molar-refractivity contribution in [1.29, 1.82) is 0 Å². The van der Waals surface area contributed by atoms with E-state index in [9.17, 15) is 4.79 Å². The molecular formula is C10H13N3O. The largest absolute Gasteiger partial charge is 0.342 e. The highest BCUT2D eigenvalue weighted by atomic mass is 16.1. The molecule has 4 nitrogen and oxygen atoms in total. The summed E-state index contributed by atoms with van der Waals surface area (Å²) in [5, 5.41) is 0. The van der Waals surface area contributed by atoms with Crippen molar-refractivity contribution in [3.05, 3.63) is 21.6 Å². The van der Waals surface area contributed by atoms with Crippen LogP contribution in [0.25, 0.3) is 0 Å². The number of hydrogen-bond acceptors (Lipinski definition) is 3. The van der Waals surface area contributed by atoms with E-state index >= 15 is 0 Å². The molecule has 4 heteroatoms. The summed E-state index contributed by atoms with van der Waals surface area (Å²) < 4.78 is 0.